The van der Waals surface area contributed by atoms with Crippen molar-refractivity contribution in [3.8, 4) is 0 Å². The summed E-state index contributed by atoms with van der Waals surface area (Å²) in [5.41, 5.74) is 0. The van der Waals surface area contributed by atoms with Crippen LogP contribution in [-0.4, -0.2) is 39.5 Å². The fourth-order valence-corrected chi connectivity index (χ4v) is 4.70. The van der Waals surface area contributed by atoms with Crippen LogP contribution in [0, 0.1) is 0 Å². The average Bonchev–Trinajstić information content (AvgIpc) is 3.26. The lowest BCUT2D eigenvalue weighted by atomic mass is 10.4. The predicted octanol–water partition coefficient (Wildman–Crippen LogP) is 2.03. The van der Waals surface area contributed by atoms with Crippen molar-refractivity contribution in [3.63, 3.8) is 0 Å². The molecule has 0 aliphatic rings. The molecule has 0 fully saturated rings. The number of hydrogen-bond acceptors (Lipinski definition) is 6. The van der Waals surface area contributed by atoms with Gasteiger partial charge >= 0.3 is 0 Å². The molecule has 2 aromatic heterocycles. The molecule has 2 rings (SSSR count). The van der Waals surface area contributed by atoms with Gasteiger partial charge in [-0.05, 0) is 17.9 Å². The van der Waals surface area contributed by atoms with Gasteiger partial charge in [-0.15, -0.1) is 46.7 Å². The van der Waals surface area contributed by atoms with Crippen LogP contribution in [-0.2, 0) is 23.0 Å². The zero-order valence-electron chi connectivity index (χ0n) is 14.0. The fourth-order valence-electron chi connectivity index (χ4n) is 1.83. The van der Waals surface area contributed by atoms with Crippen LogP contribution in [0.4, 0.5) is 0 Å². The van der Waals surface area contributed by atoms with Crippen molar-refractivity contribution in [1.82, 2.24) is 20.3 Å². The molecule has 0 aliphatic heterocycles. The molecule has 0 atom stereocenters. The Labute approximate surface area is 173 Å². The maximum absolute atomic E-state index is 12.0. The molecule has 0 saturated heterocycles. The van der Waals surface area contributed by atoms with Crippen LogP contribution in [0.1, 0.15) is 16.8 Å². The zero-order chi connectivity index (χ0) is 17.4. The molecular weight excluding hydrogens is 493 g/mol. The van der Waals surface area contributed by atoms with E-state index in [1.807, 2.05) is 6.20 Å². The second-order valence-electron chi connectivity index (χ2n) is 4.76. The summed E-state index contributed by atoms with van der Waals surface area (Å²) in [6.45, 7) is 3.40. The second-order valence-corrected chi connectivity index (χ2v) is 8.90. The number of rotatable bonds is 8. The first-order chi connectivity index (χ1) is 11.5. The van der Waals surface area contributed by atoms with Crippen LogP contribution in [0.2, 0.25) is 0 Å². The van der Waals surface area contributed by atoms with Gasteiger partial charge < -0.3 is 10.6 Å². The number of thiazole rings is 1. The summed E-state index contributed by atoms with van der Waals surface area (Å²) >= 11 is 2.86. The van der Waals surface area contributed by atoms with Gasteiger partial charge in [0.25, 0.3) is 0 Å². The van der Waals surface area contributed by atoms with Crippen molar-refractivity contribution in [3.05, 3.63) is 33.6 Å². The van der Waals surface area contributed by atoms with Crippen LogP contribution in [0.25, 0.3) is 0 Å². The van der Waals surface area contributed by atoms with Gasteiger partial charge in [-0.3, -0.25) is 4.99 Å². The van der Waals surface area contributed by atoms with Crippen molar-refractivity contribution in [1.29, 1.82) is 0 Å². The zero-order valence-corrected chi connectivity index (χ0v) is 18.8. The van der Waals surface area contributed by atoms with E-state index in [0.717, 1.165) is 11.4 Å². The molecule has 0 aliphatic carbocycles. The second kappa shape index (κ2) is 11.1. The van der Waals surface area contributed by atoms with Crippen LogP contribution in [0.3, 0.4) is 0 Å². The Bertz CT molecular complexity index is 759. The number of guanidine groups is 1. The van der Waals surface area contributed by atoms with Gasteiger partial charge in [0.15, 0.2) is 5.96 Å². The van der Waals surface area contributed by atoms with Gasteiger partial charge in [0, 0.05) is 31.2 Å². The Kier molecular flexibility index (Phi) is 9.86. The van der Waals surface area contributed by atoms with E-state index >= 15 is 0 Å². The average molecular weight is 515 g/mol. The number of sulfonamides is 1. The number of aryl methyl sites for hydroxylation is 1. The molecule has 11 heteroatoms. The Morgan fingerprint density at radius 1 is 1.32 bits per heavy atom. The highest BCUT2D eigenvalue weighted by Gasteiger charge is 2.13. The number of nitrogens with zero attached hydrogens (tertiary/aromatic N) is 2. The van der Waals surface area contributed by atoms with Gasteiger partial charge in [-0.25, -0.2) is 18.1 Å². The third kappa shape index (κ3) is 7.17. The molecule has 0 unspecified atom stereocenters. The maximum Gasteiger partial charge on any atom is 0.250 e. The van der Waals surface area contributed by atoms with E-state index in [2.05, 4.69) is 32.3 Å². The van der Waals surface area contributed by atoms with Crippen molar-refractivity contribution < 1.29 is 8.42 Å². The van der Waals surface area contributed by atoms with Crippen molar-refractivity contribution in [2.75, 3.05) is 20.1 Å². The molecule has 25 heavy (non-hydrogen) atoms. The van der Waals surface area contributed by atoms with E-state index in [-0.39, 0.29) is 30.5 Å². The maximum atomic E-state index is 12.0. The predicted molar refractivity (Wildman–Crippen MR) is 115 cm³/mol. The van der Waals surface area contributed by atoms with Gasteiger partial charge in [0.1, 0.15) is 9.22 Å². The molecule has 2 aromatic rings. The van der Waals surface area contributed by atoms with E-state index in [1.54, 1.807) is 35.9 Å². The standard InChI is InChI=1S/C14H21N5O2S3.HI/c1-3-11-9-17-12(23-11)10-18-14(15-2)16-6-7-19-24(20,21)13-5-4-8-22-13;/h4-5,8-9,19H,3,6-7,10H2,1-2H3,(H2,15,16,18);1H. The van der Waals surface area contributed by atoms with Crippen LogP contribution >= 0.6 is 46.7 Å². The lowest BCUT2D eigenvalue weighted by Gasteiger charge is -2.11. The largest absolute Gasteiger partial charge is 0.355 e. The minimum atomic E-state index is -3.42. The molecule has 140 valence electrons. The van der Waals surface area contributed by atoms with Crippen LogP contribution in [0.15, 0.2) is 32.9 Å². The molecule has 0 aromatic carbocycles. The molecule has 0 saturated carbocycles. The number of aromatic nitrogens is 1. The van der Waals surface area contributed by atoms with E-state index in [0.29, 0.717) is 23.3 Å². The third-order valence-electron chi connectivity index (χ3n) is 3.05. The highest BCUT2D eigenvalue weighted by atomic mass is 127. The smallest absolute Gasteiger partial charge is 0.250 e. The van der Waals surface area contributed by atoms with Gasteiger partial charge in [-0.2, -0.15) is 0 Å². The highest BCUT2D eigenvalue weighted by molar-refractivity contribution is 14.0. The van der Waals surface area contributed by atoms with E-state index < -0.39 is 10.0 Å². The minimum absolute atomic E-state index is 0. The summed E-state index contributed by atoms with van der Waals surface area (Å²) in [7, 11) is -1.75. The molecule has 7 nitrogen and oxygen atoms in total. The van der Waals surface area contributed by atoms with Crippen molar-refractivity contribution in [2.45, 2.75) is 24.1 Å². The Balaban J connectivity index is 0.00000312. The topological polar surface area (TPSA) is 95.5 Å². The summed E-state index contributed by atoms with van der Waals surface area (Å²) in [4.78, 5) is 9.69. The number of halogens is 1. The molecule has 3 N–H and O–H groups in total. The molecule has 2 heterocycles. The summed E-state index contributed by atoms with van der Waals surface area (Å²) in [6, 6.07) is 3.30. The number of hydrogen-bond donors (Lipinski definition) is 3. The van der Waals surface area contributed by atoms with Gasteiger partial charge in [0.2, 0.25) is 10.0 Å². The number of nitrogens with one attached hydrogen (secondary N) is 3. The van der Waals surface area contributed by atoms with Gasteiger partial charge in [0.05, 0.1) is 6.54 Å². The van der Waals surface area contributed by atoms with E-state index in [9.17, 15) is 8.42 Å². The first-order valence-corrected chi connectivity index (χ1v) is 10.6. The quantitative estimate of drug-likeness (QED) is 0.217. The third-order valence-corrected chi connectivity index (χ3v) is 7.05. The van der Waals surface area contributed by atoms with Gasteiger partial charge in [-0.1, -0.05) is 13.0 Å². The molecule has 0 amide bonds. The number of thiophene rings is 1. The fraction of sp³-hybridized carbons (Fsp3) is 0.429. The lowest BCUT2D eigenvalue weighted by molar-refractivity contribution is 0.582. The lowest BCUT2D eigenvalue weighted by Crippen LogP contribution is -2.41. The number of aliphatic imine (C=N–C) groups is 1. The van der Waals surface area contributed by atoms with E-state index in [1.165, 1.54) is 16.2 Å². The first-order valence-electron chi connectivity index (χ1n) is 7.46. The molecular formula is C14H22IN5O2S3. The molecule has 0 bridgehead atoms. The summed E-state index contributed by atoms with van der Waals surface area (Å²) < 4.78 is 26.8. The molecule has 0 spiro atoms. The van der Waals surface area contributed by atoms with E-state index in [4.69, 9.17) is 0 Å². The monoisotopic (exact) mass is 515 g/mol. The van der Waals surface area contributed by atoms with Crippen LogP contribution < -0.4 is 15.4 Å². The summed E-state index contributed by atoms with van der Waals surface area (Å²) in [5.74, 6) is 0.610. The first kappa shape index (κ1) is 22.3. The normalized spacial score (nSPS) is 11.8. The highest BCUT2D eigenvalue weighted by Crippen LogP contribution is 2.14. The SMILES string of the molecule is CCc1cnc(CNC(=NC)NCCNS(=O)(=O)c2cccs2)s1.I. The Morgan fingerprint density at radius 3 is 2.72 bits per heavy atom. The summed E-state index contributed by atoms with van der Waals surface area (Å²) in [6.07, 6.45) is 2.87. The molecule has 0 radical (unpaired) electrons. The minimum Gasteiger partial charge on any atom is -0.355 e. The Hall–Kier alpha value is -0.760. The summed E-state index contributed by atoms with van der Waals surface area (Å²) in [5, 5.41) is 8.96. The van der Waals surface area contributed by atoms with Crippen LogP contribution in [0.5, 0.6) is 0 Å². The van der Waals surface area contributed by atoms with Crippen molar-refractivity contribution in [2.24, 2.45) is 4.99 Å². The Morgan fingerprint density at radius 2 is 2.12 bits per heavy atom. The van der Waals surface area contributed by atoms with Crippen molar-refractivity contribution >= 4 is 62.6 Å².